The summed E-state index contributed by atoms with van der Waals surface area (Å²) in [5.41, 5.74) is 2.56. The molecular weight excluding hydrogens is 276 g/mol. The van der Waals surface area contributed by atoms with E-state index in [2.05, 4.69) is 0 Å². The van der Waals surface area contributed by atoms with Crippen LogP contribution in [0.5, 0.6) is 11.5 Å². The Morgan fingerprint density at radius 3 is 1.95 bits per heavy atom. The van der Waals surface area contributed by atoms with Crippen molar-refractivity contribution in [1.82, 2.24) is 0 Å². The molecule has 3 heteroatoms. The van der Waals surface area contributed by atoms with E-state index in [-0.39, 0.29) is 5.75 Å². The van der Waals surface area contributed by atoms with E-state index < -0.39 is 5.97 Å². The third-order valence-corrected chi connectivity index (χ3v) is 3.27. The number of benzene rings is 3. The van der Waals surface area contributed by atoms with Gasteiger partial charge in [-0.15, -0.1) is 0 Å². The van der Waals surface area contributed by atoms with Gasteiger partial charge in [0.2, 0.25) is 0 Å². The summed E-state index contributed by atoms with van der Waals surface area (Å²) >= 11 is 0. The van der Waals surface area contributed by atoms with Crippen LogP contribution in [0.2, 0.25) is 0 Å². The van der Waals surface area contributed by atoms with Gasteiger partial charge in [0.15, 0.2) is 0 Å². The molecule has 108 valence electrons. The van der Waals surface area contributed by atoms with E-state index in [0.717, 1.165) is 11.1 Å². The molecule has 3 nitrogen and oxygen atoms in total. The van der Waals surface area contributed by atoms with Crippen LogP contribution in [0.15, 0.2) is 78.9 Å². The molecule has 3 rings (SSSR count). The van der Waals surface area contributed by atoms with E-state index in [0.29, 0.717) is 11.3 Å². The summed E-state index contributed by atoms with van der Waals surface area (Å²) in [6.07, 6.45) is 0. The molecule has 0 aliphatic heterocycles. The zero-order chi connectivity index (χ0) is 15.4. The molecule has 0 aliphatic carbocycles. The molecule has 0 heterocycles. The van der Waals surface area contributed by atoms with Crippen LogP contribution in [-0.2, 0) is 0 Å². The minimum absolute atomic E-state index is 0.115. The smallest absolute Gasteiger partial charge is 0.343 e. The molecule has 0 atom stereocenters. The molecule has 0 aliphatic rings. The molecule has 22 heavy (non-hydrogen) atoms. The zero-order valence-electron chi connectivity index (χ0n) is 11.8. The minimum Gasteiger partial charge on any atom is -0.508 e. The Morgan fingerprint density at radius 1 is 0.727 bits per heavy atom. The standard InChI is InChI=1S/C19H14O3/c20-17-10-6-16(7-11-17)19(21)22-18-12-8-15(9-13-18)14-4-2-1-3-5-14/h1-13,20H. The Bertz CT molecular complexity index is 760. The van der Waals surface area contributed by atoms with Crippen molar-refractivity contribution in [2.24, 2.45) is 0 Å². The molecule has 1 N–H and O–H groups in total. The Kier molecular flexibility index (Phi) is 3.88. The highest BCUT2D eigenvalue weighted by Crippen LogP contribution is 2.22. The van der Waals surface area contributed by atoms with Crippen molar-refractivity contribution in [3.63, 3.8) is 0 Å². The van der Waals surface area contributed by atoms with Gasteiger partial charge in [0, 0.05) is 0 Å². The topological polar surface area (TPSA) is 46.5 Å². The fraction of sp³-hybridized carbons (Fsp3) is 0. The molecule has 0 unspecified atom stereocenters. The van der Waals surface area contributed by atoms with Gasteiger partial charge in [-0.2, -0.15) is 0 Å². The largest absolute Gasteiger partial charge is 0.508 e. The molecular formula is C19H14O3. The second kappa shape index (κ2) is 6.14. The van der Waals surface area contributed by atoms with Crippen molar-refractivity contribution >= 4 is 5.97 Å². The molecule has 0 bridgehead atoms. The van der Waals surface area contributed by atoms with Crippen molar-refractivity contribution in [3.8, 4) is 22.6 Å². The first-order valence-electron chi connectivity index (χ1n) is 6.89. The first-order valence-corrected chi connectivity index (χ1v) is 6.89. The lowest BCUT2D eigenvalue weighted by Crippen LogP contribution is -2.07. The molecule has 0 radical (unpaired) electrons. The molecule has 3 aromatic carbocycles. The fourth-order valence-electron chi connectivity index (χ4n) is 2.11. The number of phenols is 1. The Balaban J connectivity index is 1.73. The van der Waals surface area contributed by atoms with Gasteiger partial charge >= 0.3 is 5.97 Å². The summed E-state index contributed by atoms with van der Waals surface area (Å²) in [4.78, 5) is 12.0. The van der Waals surface area contributed by atoms with Gasteiger partial charge in [0.05, 0.1) is 5.56 Å². The number of rotatable bonds is 3. The van der Waals surface area contributed by atoms with Crippen LogP contribution in [0, 0.1) is 0 Å². The second-order valence-corrected chi connectivity index (χ2v) is 4.83. The number of carbonyl (C=O) groups excluding carboxylic acids is 1. The number of aromatic hydroxyl groups is 1. The van der Waals surface area contributed by atoms with E-state index in [1.165, 1.54) is 24.3 Å². The first-order chi connectivity index (χ1) is 10.7. The predicted molar refractivity (Wildman–Crippen MR) is 84.9 cm³/mol. The summed E-state index contributed by atoms with van der Waals surface area (Å²) in [7, 11) is 0. The summed E-state index contributed by atoms with van der Waals surface area (Å²) in [5, 5.41) is 9.21. The molecule has 0 aromatic heterocycles. The molecule has 0 spiro atoms. The van der Waals surface area contributed by atoms with Crippen LogP contribution in [-0.4, -0.2) is 11.1 Å². The Labute approximate surface area is 128 Å². The molecule has 0 saturated carbocycles. The van der Waals surface area contributed by atoms with Crippen LogP contribution in [0.25, 0.3) is 11.1 Å². The lowest BCUT2D eigenvalue weighted by Gasteiger charge is -2.06. The number of phenolic OH excluding ortho intramolecular Hbond substituents is 1. The first kappa shape index (κ1) is 13.9. The van der Waals surface area contributed by atoms with E-state index in [9.17, 15) is 9.90 Å². The van der Waals surface area contributed by atoms with Gasteiger partial charge in [0.1, 0.15) is 11.5 Å². The average molecular weight is 290 g/mol. The monoisotopic (exact) mass is 290 g/mol. The highest BCUT2D eigenvalue weighted by molar-refractivity contribution is 5.91. The van der Waals surface area contributed by atoms with Gasteiger partial charge in [-0.1, -0.05) is 42.5 Å². The fourth-order valence-corrected chi connectivity index (χ4v) is 2.11. The van der Waals surface area contributed by atoms with Gasteiger partial charge in [0.25, 0.3) is 0 Å². The number of ether oxygens (including phenoxy) is 1. The van der Waals surface area contributed by atoms with Crippen LogP contribution in [0.4, 0.5) is 0 Å². The van der Waals surface area contributed by atoms with E-state index in [4.69, 9.17) is 4.74 Å². The molecule has 0 amide bonds. The summed E-state index contributed by atoms with van der Waals surface area (Å²) in [6.45, 7) is 0. The summed E-state index contributed by atoms with van der Waals surface area (Å²) in [6, 6.07) is 23.3. The second-order valence-electron chi connectivity index (χ2n) is 4.83. The Hall–Kier alpha value is -3.07. The summed E-state index contributed by atoms with van der Waals surface area (Å²) in [5.74, 6) is 0.147. The number of esters is 1. The lowest BCUT2D eigenvalue weighted by molar-refractivity contribution is 0.0735. The minimum atomic E-state index is -0.451. The molecule has 0 fully saturated rings. The zero-order valence-corrected chi connectivity index (χ0v) is 11.8. The van der Waals surface area contributed by atoms with E-state index in [1.807, 2.05) is 42.5 Å². The van der Waals surface area contributed by atoms with Crippen molar-refractivity contribution in [2.75, 3.05) is 0 Å². The number of hydrogen-bond donors (Lipinski definition) is 1. The highest BCUT2D eigenvalue weighted by Gasteiger charge is 2.08. The van der Waals surface area contributed by atoms with E-state index in [1.54, 1.807) is 12.1 Å². The lowest BCUT2D eigenvalue weighted by atomic mass is 10.1. The maximum atomic E-state index is 12.0. The van der Waals surface area contributed by atoms with E-state index >= 15 is 0 Å². The molecule has 0 saturated heterocycles. The van der Waals surface area contributed by atoms with Crippen molar-refractivity contribution < 1.29 is 14.6 Å². The van der Waals surface area contributed by atoms with Crippen LogP contribution >= 0.6 is 0 Å². The quantitative estimate of drug-likeness (QED) is 0.578. The third kappa shape index (κ3) is 3.15. The summed E-state index contributed by atoms with van der Waals surface area (Å²) < 4.78 is 5.31. The van der Waals surface area contributed by atoms with Crippen molar-refractivity contribution in [2.45, 2.75) is 0 Å². The average Bonchev–Trinajstić information content (AvgIpc) is 2.57. The van der Waals surface area contributed by atoms with Crippen LogP contribution in [0.3, 0.4) is 0 Å². The Morgan fingerprint density at radius 2 is 1.32 bits per heavy atom. The SMILES string of the molecule is O=C(Oc1ccc(-c2ccccc2)cc1)c1ccc(O)cc1. The van der Waals surface area contributed by atoms with Crippen molar-refractivity contribution in [1.29, 1.82) is 0 Å². The van der Waals surface area contributed by atoms with Gasteiger partial charge in [-0.05, 0) is 47.5 Å². The maximum absolute atomic E-state index is 12.0. The molecule has 3 aromatic rings. The number of carbonyl (C=O) groups is 1. The third-order valence-electron chi connectivity index (χ3n) is 3.27. The van der Waals surface area contributed by atoms with Crippen LogP contribution in [0.1, 0.15) is 10.4 Å². The van der Waals surface area contributed by atoms with Crippen molar-refractivity contribution in [3.05, 3.63) is 84.4 Å². The number of hydrogen-bond acceptors (Lipinski definition) is 3. The van der Waals surface area contributed by atoms with Gasteiger partial charge in [-0.25, -0.2) is 4.79 Å². The predicted octanol–water partition coefficient (Wildman–Crippen LogP) is 4.28. The van der Waals surface area contributed by atoms with Crippen LogP contribution < -0.4 is 4.74 Å². The maximum Gasteiger partial charge on any atom is 0.343 e. The van der Waals surface area contributed by atoms with Gasteiger partial charge in [-0.3, -0.25) is 0 Å². The normalized spacial score (nSPS) is 10.2. The van der Waals surface area contributed by atoms with Gasteiger partial charge < -0.3 is 9.84 Å². The highest BCUT2D eigenvalue weighted by atomic mass is 16.5.